The fourth-order valence-corrected chi connectivity index (χ4v) is 1.10. The molecule has 0 spiro atoms. The summed E-state index contributed by atoms with van der Waals surface area (Å²) in [7, 11) is 3.09. The number of aromatic nitrogens is 1. The highest BCUT2D eigenvalue weighted by molar-refractivity contribution is 5.88. The first-order valence-corrected chi connectivity index (χ1v) is 4.26. The van der Waals surface area contributed by atoms with E-state index in [0.29, 0.717) is 24.6 Å². The zero-order chi connectivity index (χ0) is 10.6. The predicted octanol–water partition coefficient (Wildman–Crippen LogP) is 0.149. The summed E-state index contributed by atoms with van der Waals surface area (Å²) in [4.78, 5) is 11.2. The molecule has 78 valence electrons. The second-order valence-corrected chi connectivity index (χ2v) is 2.80. The van der Waals surface area contributed by atoms with Crippen LogP contribution in [0.4, 0.5) is 0 Å². The number of carbonyl (C=O) groups is 1. The van der Waals surface area contributed by atoms with E-state index in [1.54, 1.807) is 23.9 Å². The third-order valence-corrected chi connectivity index (χ3v) is 1.76. The van der Waals surface area contributed by atoms with Crippen molar-refractivity contribution in [2.45, 2.75) is 0 Å². The van der Waals surface area contributed by atoms with Gasteiger partial charge in [-0.25, -0.2) is 4.79 Å². The van der Waals surface area contributed by atoms with Crippen molar-refractivity contribution in [2.75, 3.05) is 20.3 Å². The van der Waals surface area contributed by atoms with Crippen molar-refractivity contribution in [1.29, 1.82) is 0 Å². The maximum absolute atomic E-state index is 11.2. The summed E-state index contributed by atoms with van der Waals surface area (Å²) in [6.07, 6.45) is 1.71. The Labute approximate surface area is 82.4 Å². The Morgan fingerprint density at radius 3 is 2.93 bits per heavy atom. The standard InChI is InChI=1S/C9H14N2O3/c1-11-6-7(14-4-3-10)5-8(11)9(12)13-2/h5-6H,3-4,10H2,1-2H3. The molecule has 2 N–H and O–H groups in total. The van der Waals surface area contributed by atoms with Crippen LogP contribution in [0.25, 0.3) is 0 Å². The monoisotopic (exact) mass is 198 g/mol. The molecule has 0 saturated heterocycles. The van der Waals surface area contributed by atoms with Crippen molar-refractivity contribution in [2.24, 2.45) is 12.8 Å². The van der Waals surface area contributed by atoms with E-state index in [4.69, 9.17) is 10.5 Å². The Balaban J connectivity index is 2.77. The number of hydrogen-bond donors (Lipinski definition) is 1. The third-order valence-electron chi connectivity index (χ3n) is 1.76. The van der Waals surface area contributed by atoms with Crippen molar-refractivity contribution in [3.05, 3.63) is 18.0 Å². The molecule has 0 aliphatic carbocycles. The number of nitrogens with two attached hydrogens (primary N) is 1. The fraction of sp³-hybridized carbons (Fsp3) is 0.444. The molecule has 0 fully saturated rings. The van der Waals surface area contributed by atoms with Gasteiger partial charge in [0.2, 0.25) is 0 Å². The van der Waals surface area contributed by atoms with E-state index in [9.17, 15) is 4.79 Å². The number of ether oxygens (including phenoxy) is 2. The Kier molecular flexibility index (Phi) is 3.53. The van der Waals surface area contributed by atoms with Crippen molar-refractivity contribution < 1.29 is 14.3 Å². The van der Waals surface area contributed by atoms with Crippen molar-refractivity contribution in [3.8, 4) is 5.75 Å². The minimum absolute atomic E-state index is 0.380. The van der Waals surface area contributed by atoms with Gasteiger partial charge in [-0.1, -0.05) is 0 Å². The van der Waals surface area contributed by atoms with Gasteiger partial charge in [-0.3, -0.25) is 0 Å². The first-order chi connectivity index (χ1) is 6.69. The van der Waals surface area contributed by atoms with E-state index >= 15 is 0 Å². The minimum atomic E-state index is -0.380. The predicted molar refractivity (Wildman–Crippen MR) is 51.3 cm³/mol. The largest absolute Gasteiger partial charge is 0.491 e. The van der Waals surface area contributed by atoms with E-state index in [0.717, 1.165) is 0 Å². The van der Waals surface area contributed by atoms with Crippen molar-refractivity contribution in [1.82, 2.24) is 4.57 Å². The molecular formula is C9H14N2O3. The van der Waals surface area contributed by atoms with Crippen LogP contribution in [0.15, 0.2) is 12.3 Å². The van der Waals surface area contributed by atoms with Crippen LogP contribution < -0.4 is 10.5 Å². The molecule has 1 aromatic rings. The average Bonchev–Trinajstić information content (AvgIpc) is 2.55. The zero-order valence-electron chi connectivity index (χ0n) is 8.32. The average molecular weight is 198 g/mol. The van der Waals surface area contributed by atoms with Crippen molar-refractivity contribution in [3.63, 3.8) is 0 Å². The van der Waals surface area contributed by atoms with Gasteiger partial charge in [-0.2, -0.15) is 0 Å². The summed E-state index contributed by atoms with van der Waals surface area (Å²) >= 11 is 0. The molecule has 0 amide bonds. The molecular weight excluding hydrogens is 184 g/mol. The van der Waals surface area contributed by atoms with E-state index in [-0.39, 0.29) is 5.97 Å². The maximum Gasteiger partial charge on any atom is 0.354 e. The summed E-state index contributed by atoms with van der Waals surface area (Å²) in [6.45, 7) is 0.882. The molecule has 0 aliphatic heterocycles. The Hall–Kier alpha value is -1.49. The van der Waals surface area contributed by atoms with Crippen LogP contribution in [0.1, 0.15) is 10.5 Å². The minimum Gasteiger partial charge on any atom is -0.491 e. The summed E-state index contributed by atoms with van der Waals surface area (Å²) in [5, 5.41) is 0. The second-order valence-electron chi connectivity index (χ2n) is 2.80. The van der Waals surface area contributed by atoms with Gasteiger partial charge in [0.25, 0.3) is 0 Å². The quantitative estimate of drug-likeness (QED) is 0.699. The Morgan fingerprint density at radius 2 is 2.36 bits per heavy atom. The third kappa shape index (κ3) is 2.26. The van der Waals surface area contributed by atoms with Gasteiger partial charge >= 0.3 is 5.97 Å². The molecule has 0 bridgehead atoms. The highest BCUT2D eigenvalue weighted by Gasteiger charge is 2.11. The number of nitrogens with zero attached hydrogens (tertiary/aromatic N) is 1. The van der Waals surface area contributed by atoms with Gasteiger partial charge < -0.3 is 19.8 Å². The maximum atomic E-state index is 11.2. The van der Waals surface area contributed by atoms with E-state index in [2.05, 4.69) is 4.74 Å². The molecule has 0 saturated carbocycles. The van der Waals surface area contributed by atoms with Crippen LogP contribution in [0, 0.1) is 0 Å². The van der Waals surface area contributed by atoms with Gasteiger partial charge in [0.15, 0.2) is 0 Å². The molecule has 0 radical (unpaired) electrons. The zero-order valence-corrected chi connectivity index (χ0v) is 8.32. The molecule has 0 unspecified atom stereocenters. The van der Waals surface area contributed by atoms with E-state index < -0.39 is 0 Å². The number of hydrogen-bond acceptors (Lipinski definition) is 4. The van der Waals surface area contributed by atoms with Gasteiger partial charge in [0, 0.05) is 25.9 Å². The van der Waals surface area contributed by atoms with Crippen LogP contribution in [0.3, 0.4) is 0 Å². The molecule has 0 atom stereocenters. The summed E-state index contributed by atoms with van der Waals surface area (Å²) in [5.74, 6) is 0.244. The number of aryl methyl sites for hydroxylation is 1. The van der Waals surface area contributed by atoms with Crippen LogP contribution in [-0.4, -0.2) is 30.8 Å². The summed E-state index contributed by atoms with van der Waals surface area (Å²) in [5.41, 5.74) is 5.74. The summed E-state index contributed by atoms with van der Waals surface area (Å²) in [6, 6.07) is 1.63. The lowest BCUT2D eigenvalue weighted by Gasteiger charge is -1.98. The topological polar surface area (TPSA) is 66.5 Å². The molecule has 0 aromatic carbocycles. The van der Waals surface area contributed by atoms with E-state index in [1.807, 2.05) is 0 Å². The SMILES string of the molecule is COC(=O)c1cc(OCCN)cn1C. The van der Waals surface area contributed by atoms with E-state index in [1.165, 1.54) is 7.11 Å². The summed E-state index contributed by atoms with van der Waals surface area (Å²) < 4.78 is 11.5. The normalized spacial score (nSPS) is 9.93. The van der Waals surface area contributed by atoms with Gasteiger partial charge in [0.1, 0.15) is 18.1 Å². The molecule has 5 heteroatoms. The van der Waals surface area contributed by atoms with Gasteiger partial charge in [-0.05, 0) is 0 Å². The van der Waals surface area contributed by atoms with Crippen LogP contribution in [0.5, 0.6) is 5.75 Å². The molecule has 1 aromatic heterocycles. The lowest BCUT2D eigenvalue weighted by Crippen LogP contribution is -2.10. The number of carbonyl (C=O) groups excluding carboxylic acids is 1. The first kappa shape index (κ1) is 10.6. The number of methoxy groups -OCH3 is 1. The highest BCUT2D eigenvalue weighted by Crippen LogP contribution is 2.15. The smallest absolute Gasteiger partial charge is 0.354 e. The Morgan fingerprint density at radius 1 is 1.64 bits per heavy atom. The molecule has 0 aliphatic rings. The molecule has 1 rings (SSSR count). The van der Waals surface area contributed by atoms with Crippen LogP contribution in [-0.2, 0) is 11.8 Å². The molecule has 1 heterocycles. The molecule has 14 heavy (non-hydrogen) atoms. The number of rotatable bonds is 4. The number of esters is 1. The molecule has 5 nitrogen and oxygen atoms in total. The Bertz CT molecular complexity index is 320. The van der Waals surface area contributed by atoms with Gasteiger partial charge in [0.05, 0.1) is 7.11 Å². The van der Waals surface area contributed by atoms with Gasteiger partial charge in [-0.15, -0.1) is 0 Å². The van der Waals surface area contributed by atoms with Crippen LogP contribution in [0.2, 0.25) is 0 Å². The first-order valence-electron chi connectivity index (χ1n) is 4.26. The second kappa shape index (κ2) is 4.66. The fourth-order valence-electron chi connectivity index (χ4n) is 1.10. The van der Waals surface area contributed by atoms with Crippen LogP contribution >= 0.6 is 0 Å². The lowest BCUT2D eigenvalue weighted by atomic mass is 10.4. The highest BCUT2D eigenvalue weighted by atomic mass is 16.5. The van der Waals surface area contributed by atoms with Crippen molar-refractivity contribution >= 4 is 5.97 Å². The lowest BCUT2D eigenvalue weighted by molar-refractivity contribution is 0.0590.